The van der Waals surface area contributed by atoms with Crippen molar-refractivity contribution in [2.24, 2.45) is 0 Å². The molecule has 0 radical (unpaired) electrons. The molecule has 0 saturated heterocycles. The standard InChI is InChI=1S/C20H17N5O2S/c1-13-8-9-17(27-2)15(10-13)16-11-28-20(22-16)23-19(26)18-21-12-25(24-18)14-6-4-3-5-7-14/h3-12H,1-2H3,(H,22,23,26). The first-order valence-corrected chi connectivity index (χ1v) is 9.41. The van der Waals surface area contributed by atoms with Crippen LogP contribution in [-0.4, -0.2) is 32.8 Å². The Kier molecular flexibility index (Phi) is 4.86. The third-order valence-electron chi connectivity index (χ3n) is 4.07. The van der Waals surface area contributed by atoms with Crippen LogP contribution < -0.4 is 10.1 Å². The largest absolute Gasteiger partial charge is 0.496 e. The van der Waals surface area contributed by atoms with Gasteiger partial charge in [0, 0.05) is 10.9 Å². The van der Waals surface area contributed by atoms with E-state index in [1.54, 1.807) is 11.8 Å². The number of nitrogens with zero attached hydrogens (tertiary/aromatic N) is 4. The highest BCUT2D eigenvalue weighted by Gasteiger charge is 2.16. The number of aromatic nitrogens is 4. The summed E-state index contributed by atoms with van der Waals surface area (Å²) in [5.41, 5.74) is 3.55. The molecule has 1 N–H and O–H groups in total. The van der Waals surface area contributed by atoms with Gasteiger partial charge in [-0.3, -0.25) is 10.1 Å². The fourth-order valence-electron chi connectivity index (χ4n) is 2.70. The van der Waals surface area contributed by atoms with E-state index < -0.39 is 5.91 Å². The summed E-state index contributed by atoms with van der Waals surface area (Å²) in [7, 11) is 1.62. The first kappa shape index (κ1) is 17.9. The normalized spacial score (nSPS) is 10.6. The minimum atomic E-state index is -0.410. The van der Waals surface area contributed by atoms with E-state index in [2.05, 4.69) is 20.4 Å². The van der Waals surface area contributed by atoms with E-state index in [1.807, 2.05) is 60.8 Å². The van der Waals surface area contributed by atoms with Crippen molar-refractivity contribution < 1.29 is 9.53 Å². The highest BCUT2D eigenvalue weighted by atomic mass is 32.1. The van der Waals surface area contributed by atoms with Crippen LogP contribution in [0.3, 0.4) is 0 Å². The Morgan fingerprint density at radius 3 is 2.79 bits per heavy atom. The van der Waals surface area contributed by atoms with E-state index in [0.29, 0.717) is 5.13 Å². The van der Waals surface area contributed by atoms with E-state index in [4.69, 9.17) is 4.74 Å². The van der Waals surface area contributed by atoms with Gasteiger partial charge in [0.15, 0.2) is 5.13 Å². The average Bonchev–Trinajstić information content (AvgIpc) is 3.38. The van der Waals surface area contributed by atoms with Crippen LogP contribution in [0.25, 0.3) is 16.9 Å². The molecule has 140 valence electrons. The van der Waals surface area contributed by atoms with Crippen LogP contribution in [0.4, 0.5) is 5.13 Å². The number of hydrogen-bond acceptors (Lipinski definition) is 6. The number of hydrogen-bond donors (Lipinski definition) is 1. The van der Waals surface area contributed by atoms with Crippen molar-refractivity contribution in [2.75, 3.05) is 12.4 Å². The quantitative estimate of drug-likeness (QED) is 0.557. The number of amides is 1. The molecule has 7 nitrogen and oxygen atoms in total. The molecule has 0 aliphatic rings. The molecule has 4 aromatic rings. The molecule has 28 heavy (non-hydrogen) atoms. The average molecular weight is 391 g/mol. The highest BCUT2D eigenvalue weighted by Crippen LogP contribution is 2.33. The summed E-state index contributed by atoms with van der Waals surface area (Å²) in [6.07, 6.45) is 1.51. The number of carbonyl (C=O) groups is 1. The monoisotopic (exact) mass is 391 g/mol. The SMILES string of the molecule is COc1ccc(C)cc1-c1csc(NC(=O)c2ncn(-c3ccccc3)n2)n1. The van der Waals surface area contributed by atoms with Gasteiger partial charge in [-0.2, -0.15) is 0 Å². The Labute approximate surface area is 165 Å². The van der Waals surface area contributed by atoms with Crippen molar-refractivity contribution in [3.8, 4) is 22.7 Å². The zero-order valence-corrected chi connectivity index (χ0v) is 16.1. The Hall–Kier alpha value is -3.52. The van der Waals surface area contributed by atoms with Gasteiger partial charge in [0.25, 0.3) is 5.91 Å². The summed E-state index contributed by atoms with van der Waals surface area (Å²) in [6, 6.07) is 15.4. The van der Waals surface area contributed by atoms with Gasteiger partial charge in [-0.25, -0.2) is 14.6 Å². The number of methoxy groups -OCH3 is 1. The number of rotatable bonds is 5. The highest BCUT2D eigenvalue weighted by molar-refractivity contribution is 7.14. The molecule has 0 saturated carbocycles. The number of thiazole rings is 1. The second-order valence-corrected chi connectivity index (χ2v) is 6.90. The molecule has 0 bridgehead atoms. The van der Waals surface area contributed by atoms with E-state index in [1.165, 1.54) is 17.7 Å². The molecule has 0 aliphatic heterocycles. The van der Waals surface area contributed by atoms with E-state index in [9.17, 15) is 4.79 Å². The number of nitrogens with one attached hydrogen (secondary N) is 1. The van der Waals surface area contributed by atoms with Crippen molar-refractivity contribution in [3.05, 3.63) is 71.6 Å². The van der Waals surface area contributed by atoms with Crippen molar-refractivity contribution in [2.45, 2.75) is 6.92 Å². The summed E-state index contributed by atoms with van der Waals surface area (Å²) >= 11 is 1.33. The van der Waals surface area contributed by atoms with Crippen molar-refractivity contribution in [3.63, 3.8) is 0 Å². The lowest BCUT2D eigenvalue weighted by Gasteiger charge is -2.07. The molecular weight excluding hydrogens is 374 g/mol. The third-order valence-corrected chi connectivity index (χ3v) is 4.83. The fourth-order valence-corrected chi connectivity index (χ4v) is 3.41. The van der Waals surface area contributed by atoms with Gasteiger partial charge in [0.05, 0.1) is 18.5 Å². The molecule has 0 atom stereocenters. The van der Waals surface area contributed by atoms with Crippen LogP contribution in [0.15, 0.2) is 60.2 Å². The molecule has 2 aromatic carbocycles. The zero-order valence-electron chi connectivity index (χ0n) is 15.3. The second kappa shape index (κ2) is 7.61. The van der Waals surface area contributed by atoms with Gasteiger partial charge in [-0.15, -0.1) is 16.4 Å². The van der Waals surface area contributed by atoms with Gasteiger partial charge >= 0.3 is 0 Å². The maximum Gasteiger partial charge on any atom is 0.297 e. The maximum absolute atomic E-state index is 12.5. The van der Waals surface area contributed by atoms with Crippen LogP contribution >= 0.6 is 11.3 Å². The minimum Gasteiger partial charge on any atom is -0.496 e. The van der Waals surface area contributed by atoms with Crippen LogP contribution in [0.1, 0.15) is 16.2 Å². The molecule has 4 rings (SSSR count). The second-order valence-electron chi connectivity index (χ2n) is 6.04. The fraction of sp³-hybridized carbons (Fsp3) is 0.100. The Morgan fingerprint density at radius 1 is 1.18 bits per heavy atom. The Morgan fingerprint density at radius 2 is 2.00 bits per heavy atom. The van der Waals surface area contributed by atoms with E-state index >= 15 is 0 Å². The summed E-state index contributed by atoms with van der Waals surface area (Å²) in [6.45, 7) is 2.01. The molecule has 0 aliphatic carbocycles. The van der Waals surface area contributed by atoms with Gasteiger partial charge in [0.2, 0.25) is 5.82 Å². The van der Waals surface area contributed by atoms with Crippen molar-refractivity contribution in [1.29, 1.82) is 0 Å². The molecule has 1 amide bonds. The van der Waals surface area contributed by atoms with Crippen LogP contribution in [0, 0.1) is 6.92 Å². The molecule has 0 unspecified atom stereocenters. The number of carbonyl (C=O) groups excluding carboxylic acids is 1. The van der Waals surface area contributed by atoms with Crippen LogP contribution in [0.2, 0.25) is 0 Å². The summed E-state index contributed by atoms with van der Waals surface area (Å²) < 4.78 is 6.97. The van der Waals surface area contributed by atoms with Gasteiger partial charge in [0.1, 0.15) is 12.1 Å². The lowest BCUT2D eigenvalue weighted by molar-refractivity contribution is 0.101. The van der Waals surface area contributed by atoms with E-state index in [-0.39, 0.29) is 5.82 Å². The molecule has 0 spiro atoms. The summed E-state index contributed by atoms with van der Waals surface area (Å²) in [5, 5.41) is 9.34. The topological polar surface area (TPSA) is 81.9 Å². The first-order chi connectivity index (χ1) is 13.6. The third kappa shape index (κ3) is 3.63. The van der Waals surface area contributed by atoms with Crippen molar-refractivity contribution in [1.82, 2.24) is 19.7 Å². The predicted molar refractivity (Wildman–Crippen MR) is 108 cm³/mol. The molecular formula is C20H17N5O2S. The molecule has 0 fully saturated rings. The van der Waals surface area contributed by atoms with Gasteiger partial charge < -0.3 is 4.74 Å². The summed E-state index contributed by atoms with van der Waals surface area (Å²) in [4.78, 5) is 21.1. The Balaban J connectivity index is 1.53. The first-order valence-electron chi connectivity index (χ1n) is 8.53. The number of para-hydroxylation sites is 1. The number of ether oxygens (including phenoxy) is 1. The predicted octanol–water partition coefficient (Wildman–Crippen LogP) is 3.96. The lowest BCUT2D eigenvalue weighted by Crippen LogP contribution is -2.14. The molecule has 2 heterocycles. The number of aryl methyl sites for hydroxylation is 1. The maximum atomic E-state index is 12.5. The van der Waals surface area contributed by atoms with Gasteiger partial charge in [-0.1, -0.05) is 29.8 Å². The Bertz CT molecular complexity index is 1120. The zero-order chi connectivity index (χ0) is 19.5. The lowest BCUT2D eigenvalue weighted by atomic mass is 10.1. The minimum absolute atomic E-state index is 0.0775. The van der Waals surface area contributed by atoms with Crippen LogP contribution in [0.5, 0.6) is 5.75 Å². The summed E-state index contributed by atoms with van der Waals surface area (Å²) in [5.74, 6) is 0.401. The van der Waals surface area contributed by atoms with Gasteiger partial charge in [-0.05, 0) is 31.2 Å². The molecule has 8 heteroatoms. The smallest absolute Gasteiger partial charge is 0.297 e. The number of anilines is 1. The number of benzene rings is 2. The van der Waals surface area contributed by atoms with Crippen molar-refractivity contribution >= 4 is 22.4 Å². The molecule has 2 aromatic heterocycles. The van der Waals surface area contributed by atoms with E-state index in [0.717, 1.165) is 28.3 Å². The van der Waals surface area contributed by atoms with Crippen LogP contribution in [-0.2, 0) is 0 Å².